The second kappa shape index (κ2) is 4.44. The number of rotatable bonds is 2. The number of nitrogens with zero attached hydrogens (tertiary/aromatic N) is 2. The molecule has 62 valence electrons. The molecular formula is C10H12N2. The van der Waals surface area contributed by atoms with Crippen LogP contribution in [0, 0.1) is 0 Å². The first-order valence-electron chi connectivity index (χ1n) is 3.88. The van der Waals surface area contributed by atoms with Crippen LogP contribution in [0.25, 0.3) is 5.57 Å². The Balaban J connectivity index is 2.97. The Labute approximate surface area is 72.7 Å². The minimum absolute atomic E-state index is 0.964. The molecule has 0 saturated heterocycles. The molecule has 2 nitrogen and oxygen atoms in total. The van der Waals surface area contributed by atoms with Crippen LogP contribution in [0.15, 0.2) is 35.5 Å². The molecule has 0 saturated carbocycles. The molecule has 0 N–H and O–H groups in total. The van der Waals surface area contributed by atoms with Gasteiger partial charge in [0.25, 0.3) is 0 Å². The van der Waals surface area contributed by atoms with Crippen LogP contribution in [0.1, 0.15) is 12.6 Å². The first-order chi connectivity index (χ1) is 5.88. The van der Waals surface area contributed by atoms with Gasteiger partial charge in [0.05, 0.1) is 5.69 Å². The molecule has 1 aromatic heterocycles. The van der Waals surface area contributed by atoms with Crippen molar-refractivity contribution < 1.29 is 0 Å². The summed E-state index contributed by atoms with van der Waals surface area (Å²) in [6, 6.07) is 5.84. The fraction of sp³-hybridized carbons (Fsp3) is 0.200. The predicted octanol–water partition coefficient (Wildman–Crippen LogP) is 2.19. The Morgan fingerprint density at radius 3 is 2.83 bits per heavy atom. The second-order valence-electron chi connectivity index (χ2n) is 2.35. The third-order valence-corrected chi connectivity index (χ3v) is 1.54. The maximum Gasteiger partial charge on any atom is 0.0713 e. The van der Waals surface area contributed by atoms with Gasteiger partial charge in [-0.25, -0.2) is 0 Å². The van der Waals surface area contributed by atoms with E-state index in [-0.39, 0.29) is 0 Å². The first-order valence-corrected chi connectivity index (χ1v) is 3.88. The fourth-order valence-electron chi connectivity index (χ4n) is 0.961. The van der Waals surface area contributed by atoms with Gasteiger partial charge in [0.2, 0.25) is 0 Å². The van der Waals surface area contributed by atoms with Gasteiger partial charge >= 0.3 is 0 Å². The maximum atomic E-state index is 4.21. The Morgan fingerprint density at radius 2 is 2.33 bits per heavy atom. The molecule has 1 rings (SSSR count). The topological polar surface area (TPSA) is 25.2 Å². The monoisotopic (exact) mass is 160 g/mol. The molecule has 1 aromatic rings. The molecule has 0 unspecified atom stereocenters. The van der Waals surface area contributed by atoms with Crippen molar-refractivity contribution in [2.75, 3.05) is 7.05 Å². The third-order valence-electron chi connectivity index (χ3n) is 1.54. The van der Waals surface area contributed by atoms with E-state index in [1.807, 2.05) is 37.4 Å². The lowest BCUT2D eigenvalue weighted by Crippen LogP contribution is -1.88. The molecule has 0 radical (unpaired) electrons. The molecule has 0 aliphatic heterocycles. The molecule has 2 heteroatoms. The van der Waals surface area contributed by atoms with Crippen LogP contribution < -0.4 is 0 Å². The quantitative estimate of drug-likeness (QED) is 0.609. The van der Waals surface area contributed by atoms with Gasteiger partial charge in [0.15, 0.2) is 0 Å². The molecule has 0 aromatic carbocycles. The summed E-state index contributed by atoms with van der Waals surface area (Å²) < 4.78 is 0. The van der Waals surface area contributed by atoms with Gasteiger partial charge in [-0.3, -0.25) is 9.98 Å². The molecule has 1 heterocycles. The van der Waals surface area contributed by atoms with Gasteiger partial charge in [-0.1, -0.05) is 12.1 Å². The van der Waals surface area contributed by atoms with Crippen LogP contribution in [0.5, 0.6) is 0 Å². The Morgan fingerprint density at radius 1 is 1.50 bits per heavy atom. The molecule has 0 aliphatic rings. The smallest absolute Gasteiger partial charge is 0.0713 e. The van der Waals surface area contributed by atoms with E-state index in [1.54, 1.807) is 13.2 Å². The standard InChI is InChI=1S/C10H12N2/c1-3-9(8-11-2)10-6-4-5-7-12-10/h3-8H,1-2H3/b9-3+,11-8?. The molecule has 0 atom stereocenters. The summed E-state index contributed by atoms with van der Waals surface area (Å²) in [6.07, 6.45) is 5.58. The Kier molecular flexibility index (Phi) is 3.20. The van der Waals surface area contributed by atoms with Crippen LogP contribution in [0.4, 0.5) is 0 Å². The van der Waals surface area contributed by atoms with Crippen molar-refractivity contribution in [2.45, 2.75) is 6.92 Å². The van der Waals surface area contributed by atoms with Crippen molar-refractivity contribution in [3.63, 3.8) is 0 Å². The van der Waals surface area contributed by atoms with Crippen molar-refractivity contribution in [1.82, 2.24) is 4.98 Å². The normalized spacial score (nSPS) is 12.3. The lowest BCUT2D eigenvalue weighted by molar-refractivity contribution is 1.28. The highest BCUT2D eigenvalue weighted by Gasteiger charge is 1.95. The predicted molar refractivity (Wildman–Crippen MR) is 52.3 cm³/mol. The highest BCUT2D eigenvalue weighted by atomic mass is 14.7. The summed E-state index contributed by atoms with van der Waals surface area (Å²) in [5.74, 6) is 0. The summed E-state index contributed by atoms with van der Waals surface area (Å²) in [6.45, 7) is 1.98. The molecule has 0 fully saturated rings. The number of aliphatic imine (C=N–C) groups is 1. The van der Waals surface area contributed by atoms with Gasteiger partial charge < -0.3 is 0 Å². The minimum atomic E-state index is 0.964. The van der Waals surface area contributed by atoms with Crippen LogP contribution in [-0.2, 0) is 0 Å². The Bertz CT molecular complexity index is 286. The van der Waals surface area contributed by atoms with Crippen LogP contribution in [0.2, 0.25) is 0 Å². The molecule has 12 heavy (non-hydrogen) atoms. The van der Waals surface area contributed by atoms with Crippen molar-refractivity contribution in [1.29, 1.82) is 0 Å². The van der Waals surface area contributed by atoms with Crippen LogP contribution in [0.3, 0.4) is 0 Å². The van der Waals surface area contributed by atoms with Gasteiger partial charge in [-0.2, -0.15) is 0 Å². The zero-order valence-corrected chi connectivity index (χ0v) is 7.36. The zero-order chi connectivity index (χ0) is 8.81. The Hall–Kier alpha value is -1.44. The van der Waals surface area contributed by atoms with Gasteiger partial charge in [-0.05, 0) is 19.1 Å². The van der Waals surface area contributed by atoms with Crippen molar-refractivity contribution >= 4 is 11.8 Å². The van der Waals surface area contributed by atoms with Crippen molar-refractivity contribution in [3.05, 3.63) is 36.2 Å². The fourth-order valence-corrected chi connectivity index (χ4v) is 0.961. The van der Waals surface area contributed by atoms with Gasteiger partial charge in [0, 0.05) is 25.0 Å². The SMILES string of the molecule is C/C=C(\C=NC)c1ccccn1. The summed E-state index contributed by atoms with van der Waals surface area (Å²) in [4.78, 5) is 8.16. The van der Waals surface area contributed by atoms with E-state index < -0.39 is 0 Å². The number of allylic oxidation sites excluding steroid dienone is 2. The van der Waals surface area contributed by atoms with E-state index in [0.717, 1.165) is 11.3 Å². The van der Waals surface area contributed by atoms with E-state index >= 15 is 0 Å². The summed E-state index contributed by atoms with van der Waals surface area (Å²) >= 11 is 0. The van der Waals surface area contributed by atoms with E-state index in [2.05, 4.69) is 9.98 Å². The van der Waals surface area contributed by atoms with Crippen molar-refractivity contribution in [3.8, 4) is 0 Å². The molecule has 0 amide bonds. The average molecular weight is 160 g/mol. The van der Waals surface area contributed by atoms with Gasteiger partial charge in [0.1, 0.15) is 0 Å². The maximum absolute atomic E-state index is 4.21. The highest BCUT2D eigenvalue weighted by Crippen LogP contribution is 2.07. The van der Waals surface area contributed by atoms with Crippen LogP contribution in [-0.4, -0.2) is 18.2 Å². The van der Waals surface area contributed by atoms with E-state index in [9.17, 15) is 0 Å². The van der Waals surface area contributed by atoms with E-state index in [4.69, 9.17) is 0 Å². The third kappa shape index (κ3) is 2.02. The average Bonchev–Trinajstić information content (AvgIpc) is 2.15. The zero-order valence-electron chi connectivity index (χ0n) is 7.36. The number of aromatic nitrogens is 1. The lowest BCUT2D eigenvalue weighted by atomic mass is 10.2. The van der Waals surface area contributed by atoms with E-state index in [0.29, 0.717) is 0 Å². The molecule has 0 aliphatic carbocycles. The summed E-state index contributed by atoms with van der Waals surface area (Å²) in [7, 11) is 1.76. The minimum Gasteiger partial charge on any atom is -0.296 e. The van der Waals surface area contributed by atoms with Crippen LogP contribution >= 0.6 is 0 Å². The first kappa shape index (κ1) is 8.65. The number of hydrogen-bond acceptors (Lipinski definition) is 2. The summed E-state index contributed by atoms with van der Waals surface area (Å²) in [5.41, 5.74) is 2.02. The highest BCUT2D eigenvalue weighted by molar-refractivity contribution is 6.08. The number of hydrogen-bond donors (Lipinski definition) is 0. The molecule has 0 bridgehead atoms. The second-order valence-corrected chi connectivity index (χ2v) is 2.35. The largest absolute Gasteiger partial charge is 0.296 e. The van der Waals surface area contributed by atoms with E-state index in [1.165, 1.54) is 0 Å². The molecule has 0 spiro atoms. The summed E-state index contributed by atoms with van der Waals surface area (Å²) in [5, 5.41) is 0. The number of pyridine rings is 1. The lowest BCUT2D eigenvalue weighted by Gasteiger charge is -1.97. The van der Waals surface area contributed by atoms with Gasteiger partial charge in [-0.15, -0.1) is 0 Å². The van der Waals surface area contributed by atoms with Crippen molar-refractivity contribution in [2.24, 2.45) is 4.99 Å². The molecular weight excluding hydrogens is 148 g/mol.